The molecule has 118 valence electrons. The molecule has 0 aliphatic carbocycles. The number of nitrogens with zero attached hydrogens (tertiary/aromatic N) is 2. The van der Waals surface area contributed by atoms with E-state index < -0.39 is 14.0 Å². The molecule has 2 aromatic rings. The minimum absolute atomic E-state index is 0.0378. The average Bonchev–Trinajstić information content (AvgIpc) is 2.44. The van der Waals surface area contributed by atoms with Crippen LogP contribution in [0.2, 0.25) is 25.7 Å². The number of ether oxygens (including phenoxy) is 1. The summed E-state index contributed by atoms with van der Waals surface area (Å²) in [5, 5.41) is 9.64. The monoisotopic (exact) mass is 320 g/mol. The van der Waals surface area contributed by atoms with E-state index in [9.17, 15) is 14.7 Å². The third kappa shape index (κ3) is 3.80. The molecule has 2 heterocycles. The van der Waals surface area contributed by atoms with Gasteiger partial charge in [0.2, 0.25) is 0 Å². The maximum absolute atomic E-state index is 12.3. The molecule has 0 aromatic carbocycles. The third-order valence-electron chi connectivity index (χ3n) is 3.30. The highest BCUT2D eigenvalue weighted by Crippen LogP contribution is 2.13. The molecule has 0 unspecified atom stereocenters. The molecule has 6 nitrogen and oxygen atoms in total. The van der Waals surface area contributed by atoms with Gasteiger partial charge >= 0.3 is 5.97 Å². The van der Waals surface area contributed by atoms with E-state index in [1.165, 1.54) is 17.0 Å². The largest absolute Gasteiger partial charge is 0.478 e. The molecule has 0 aliphatic rings. The lowest BCUT2D eigenvalue weighted by Gasteiger charge is -2.16. The van der Waals surface area contributed by atoms with Gasteiger partial charge in [0.15, 0.2) is 0 Å². The first-order valence-corrected chi connectivity index (χ1v) is 10.8. The Kier molecular flexibility index (Phi) is 4.77. The first-order valence-electron chi connectivity index (χ1n) is 7.09. The van der Waals surface area contributed by atoms with Gasteiger partial charge in [-0.25, -0.2) is 4.79 Å². The number of carboxylic acids is 1. The highest BCUT2D eigenvalue weighted by atomic mass is 28.3. The number of rotatable bonds is 6. The second kappa shape index (κ2) is 6.41. The number of carbonyl (C=O) groups is 1. The summed E-state index contributed by atoms with van der Waals surface area (Å²) in [4.78, 5) is 27.7. The molecule has 2 rings (SSSR count). The smallest absolute Gasteiger partial charge is 0.337 e. The van der Waals surface area contributed by atoms with Crippen molar-refractivity contribution in [3.05, 3.63) is 40.4 Å². The first-order chi connectivity index (χ1) is 10.3. The number of hydrogen-bond acceptors (Lipinski definition) is 4. The van der Waals surface area contributed by atoms with Crippen molar-refractivity contribution < 1.29 is 14.6 Å². The fourth-order valence-corrected chi connectivity index (χ4v) is 2.78. The van der Waals surface area contributed by atoms with Gasteiger partial charge in [0.25, 0.3) is 5.56 Å². The third-order valence-corrected chi connectivity index (χ3v) is 5.01. The summed E-state index contributed by atoms with van der Waals surface area (Å²) in [6.07, 6.45) is 2.80. The van der Waals surface area contributed by atoms with Crippen LogP contribution in [0, 0.1) is 0 Å². The molecule has 0 aliphatic heterocycles. The van der Waals surface area contributed by atoms with Gasteiger partial charge in [-0.05, 0) is 12.1 Å². The zero-order chi connectivity index (χ0) is 16.3. The molecular formula is C15H20N2O4Si. The summed E-state index contributed by atoms with van der Waals surface area (Å²) in [6, 6.07) is 4.19. The van der Waals surface area contributed by atoms with Crippen molar-refractivity contribution in [1.82, 2.24) is 9.55 Å². The summed E-state index contributed by atoms with van der Waals surface area (Å²) < 4.78 is 6.80. The van der Waals surface area contributed by atoms with Gasteiger partial charge in [-0.1, -0.05) is 25.7 Å². The van der Waals surface area contributed by atoms with E-state index in [0.717, 1.165) is 6.04 Å². The van der Waals surface area contributed by atoms with E-state index in [4.69, 9.17) is 4.74 Å². The summed E-state index contributed by atoms with van der Waals surface area (Å²) >= 11 is 0. The van der Waals surface area contributed by atoms with Crippen LogP contribution in [0.5, 0.6) is 0 Å². The highest BCUT2D eigenvalue weighted by Gasteiger charge is 2.15. The zero-order valence-electron chi connectivity index (χ0n) is 13.0. The normalized spacial score (nSPS) is 11.8. The van der Waals surface area contributed by atoms with Crippen LogP contribution in [0.3, 0.4) is 0 Å². The van der Waals surface area contributed by atoms with Crippen molar-refractivity contribution in [2.24, 2.45) is 0 Å². The summed E-state index contributed by atoms with van der Waals surface area (Å²) in [5.74, 6) is -1.09. The molecule has 1 N–H and O–H groups in total. The van der Waals surface area contributed by atoms with Gasteiger partial charge < -0.3 is 9.84 Å². The molecule has 7 heteroatoms. The van der Waals surface area contributed by atoms with Gasteiger partial charge in [-0.15, -0.1) is 0 Å². The highest BCUT2D eigenvalue weighted by molar-refractivity contribution is 6.76. The van der Waals surface area contributed by atoms with Crippen molar-refractivity contribution in [2.75, 3.05) is 6.61 Å². The summed E-state index contributed by atoms with van der Waals surface area (Å²) in [7, 11) is -1.20. The van der Waals surface area contributed by atoms with Crippen molar-refractivity contribution in [3.63, 3.8) is 0 Å². The lowest BCUT2D eigenvalue weighted by atomic mass is 10.1. The Morgan fingerprint density at radius 2 is 2.14 bits per heavy atom. The Bertz CT molecular complexity index is 749. The Morgan fingerprint density at radius 1 is 1.41 bits per heavy atom. The molecule has 0 saturated carbocycles. The maximum atomic E-state index is 12.3. The van der Waals surface area contributed by atoms with Gasteiger partial charge in [0, 0.05) is 32.5 Å². The molecule has 0 radical (unpaired) electrons. The molecule has 0 amide bonds. The lowest BCUT2D eigenvalue weighted by Crippen LogP contribution is -2.26. The molecule has 0 atom stereocenters. The first kappa shape index (κ1) is 16.4. The van der Waals surface area contributed by atoms with Gasteiger partial charge in [0.05, 0.1) is 5.56 Å². The molecule has 0 spiro atoms. The predicted octanol–water partition coefficient (Wildman–Crippen LogP) is 2.41. The average molecular weight is 320 g/mol. The molecule has 0 bridgehead atoms. The quantitative estimate of drug-likeness (QED) is 0.653. The summed E-state index contributed by atoms with van der Waals surface area (Å²) in [5.41, 5.74) is -0.138. The Balaban J connectivity index is 2.29. The van der Waals surface area contributed by atoms with E-state index in [0.29, 0.717) is 12.0 Å². The van der Waals surface area contributed by atoms with E-state index in [1.54, 1.807) is 12.1 Å². The van der Waals surface area contributed by atoms with Crippen LogP contribution in [-0.4, -0.2) is 35.3 Å². The molecule has 0 fully saturated rings. The molecular weight excluding hydrogens is 300 g/mol. The fraction of sp³-hybridized carbons (Fsp3) is 0.400. The second-order valence-corrected chi connectivity index (χ2v) is 12.0. The van der Waals surface area contributed by atoms with Gasteiger partial charge in [0.1, 0.15) is 12.2 Å². The number of fused-ring (bicyclic) bond motifs is 1. The number of aromatic carboxylic acids is 1. The predicted molar refractivity (Wildman–Crippen MR) is 87.1 cm³/mol. The minimum atomic E-state index is -1.20. The Morgan fingerprint density at radius 3 is 2.77 bits per heavy atom. The van der Waals surface area contributed by atoms with Crippen molar-refractivity contribution in [3.8, 4) is 0 Å². The van der Waals surface area contributed by atoms with Crippen molar-refractivity contribution in [1.29, 1.82) is 0 Å². The standard InChI is InChI=1S/C15H20N2O4Si/c1-22(2,3)8-7-21-10-17-9-12(15(19)20)11-5-4-6-16-13(11)14(17)18/h4-6,9H,7-8,10H2,1-3H3,(H,19,20). The van der Waals surface area contributed by atoms with Crippen LogP contribution in [-0.2, 0) is 11.5 Å². The van der Waals surface area contributed by atoms with Crippen LogP contribution < -0.4 is 5.56 Å². The second-order valence-electron chi connectivity index (χ2n) is 6.37. The Hall–Kier alpha value is -1.99. The van der Waals surface area contributed by atoms with Gasteiger partial charge in [-0.3, -0.25) is 14.3 Å². The van der Waals surface area contributed by atoms with Crippen molar-refractivity contribution >= 4 is 24.9 Å². The van der Waals surface area contributed by atoms with E-state index >= 15 is 0 Å². The lowest BCUT2D eigenvalue weighted by molar-refractivity contribution is 0.0691. The van der Waals surface area contributed by atoms with E-state index in [-0.39, 0.29) is 23.4 Å². The van der Waals surface area contributed by atoms with Crippen LogP contribution >= 0.6 is 0 Å². The minimum Gasteiger partial charge on any atom is -0.478 e. The van der Waals surface area contributed by atoms with Crippen LogP contribution in [0.1, 0.15) is 10.4 Å². The zero-order valence-corrected chi connectivity index (χ0v) is 14.0. The number of aromatic nitrogens is 2. The number of carboxylic acid groups (broad SMARTS) is 1. The summed E-state index contributed by atoms with van der Waals surface area (Å²) in [6.45, 7) is 7.32. The number of pyridine rings is 2. The van der Waals surface area contributed by atoms with Crippen molar-refractivity contribution in [2.45, 2.75) is 32.4 Å². The van der Waals surface area contributed by atoms with E-state index in [1.807, 2.05) is 0 Å². The number of hydrogen-bond donors (Lipinski definition) is 1. The van der Waals surface area contributed by atoms with Crippen LogP contribution in [0.4, 0.5) is 0 Å². The molecule has 0 saturated heterocycles. The Labute approximate surface area is 129 Å². The molecule has 22 heavy (non-hydrogen) atoms. The van der Waals surface area contributed by atoms with E-state index in [2.05, 4.69) is 24.6 Å². The topological polar surface area (TPSA) is 81.4 Å². The van der Waals surface area contributed by atoms with Crippen LogP contribution in [0.15, 0.2) is 29.3 Å². The van der Waals surface area contributed by atoms with Crippen LogP contribution in [0.25, 0.3) is 10.9 Å². The SMILES string of the molecule is C[Si](C)(C)CCOCn1cc(C(=O)O)c2cccnc2c1=O. The van der Waals surface area contributed by atoms with Gasteiger partial charge in [-0.2, -0.15) is 0 Å². The maximum Gasteiger partial charge on any atom is 0.337 e. The fourth-order valence-electron chi connectivity index (χ4n) is 2.02. The molecule has 2 aromatic heterocycles.